The number of hydrogen-bond donors (Lipinski definition) is 1. The van der Waals surface area contributed by atoms with Gasteiger partial charge in [-0.1, -0.05) is 6.92 Å². The Labute approximate surface area is 93.1 Å². The van der Waals surface area contributed by atoms with E-state index in [2.05, 4.69) is 22.0 Å². The van der Waals surface area contributed by atoms with Crippen molar-refractivity contribution >= 4 is 5.82 Å². The van der Waals surface area contributed by atoms with E-state index in [4.69, 9.17) is 10.5 Å². The van der Waals surface area contributed by atoms with E-state index >= 15 is 0 Å². The summed E-state index contributed by atoms with van der Waals surface area (Å²) in [5.74, 6) is 1.42. The average Bonchev–Trinajstić information content (AvgIpc) is 2.70. The molecule has 6 nitrogen and oxygen atoms in total. The number of nitrogen functional groups attached to an aromatic ring is 1. The topological polar surface area (TPSA) is 78.9 Å². The van der Waals surface area contributed by atoms with Crippen molar-refractivity contribution in [1.82, 2.24) is 19.7 Å². The minimum Gasteiger partial charge on any atom is -0.434 e. The highest BCUT2D eigenvalue weighted by atomic mass is 16.5. The first-order chi connectivity index (χ1) is 7.78. The van der Waals surface area contributed by atoms with Crippen LogP contribution in [-0.4, -0.2) is 19.7 Å². The lowest BCUT2D eigenvalue weighted by atomic mass is 10.5. The fourth-order valence-corrected chi connectivity index (χ4v) is 1.25. The summed E-state index contributed by atoms with van der Waals surface area (Å²) in [5, 5.41) is 4.14. The van der Waals surface area contributed by atoms with Gasteiger partial charge >= 0.3 is 0 Å². The van der Waals surface area contributed by atoms with Gasteiger partial charge < -0.3 is 10.5 Å². The number of nitrogens with zero attached hydrogens (tertiary/aromatic N) is 4. The smallest absolute Gasteiger partial charge is 0.238 e. The lowest BCUT2D eigenvalue weighted by Gasteiger charge is -2.00. The first-order valence-electron chi connectivity index (χ1n) is 5.05. The molecular formula is C10H13N5O. The van der Waals surface area contributed by atoms with Crippen LogP contribution in [-0.2, 0) is 6.54 Å². The monoisotopic (exact) mass is 219 g/mol. The van der Waals surface area contributed by atoms with Crippen LogP contribution in [0.25, 0.3) is 0 Å². The molecule has 0 amide bonds. The Balaban J connectivity index is 2.05. The van der Waals surface area contributed by atoms with Gasteiger partial charge in [0.15, 0.2) is 5.75 Å². The van der Waals surface area contributed by atoms with Crippen LogP contribution in [0.1, 0.15) is 13.3 Å². The number of aromatic nitrogens is 4. The number of aryl methyl sites for hydroxylation is 1. The van der Waals surface area contributed by atoms with Crippen molar-refractivity contribution < 1.29 is 4.74 Å². The third-order valence-electron chi connectivity index (χ3n) is 1.93. The number of ether oxygens (including phenoxy) is 1. The number of hydrogen-bond acceptors (Lipinski definition) is 5. The molecule has 0 radical (unpaired) electrons. The highest BCUT2D eigenvalue weighted by molar-refractivity contribution is 5.26. The van der Waals surface area contributed by atoms with Crippen molar-refractivity contribution in [3.8, 4) is 11.6 Å². The SMILES string of the molecule is CCCn1cc(Oc2cnc(N)cn2)cn1. The zero-order chi connectivity index (χ0) is 11.4. The van der Waals surface area contributed by atoms with Gasteiger partial charge in [0.1, 0.15) is 5.82 Å². The molecule has 84 valence electrons. The minimum atomic E-state index is 0.369. The van der Waals surface area contributed by atoms with Crippen molar-refractivity contribution in [3.63, 3.8) is 0 Å². The Kier molecular flexibility index (Phi) is 3.00. The second kappa shape index (κ2) is 4.61. The summed E-state index contributed by atoms with van der Waals surface area (Å²) in [4.78, 5) is 7.86. The summed E-state index contributed by atoms with van der Waals surface area (Å²) in [6, 6.07) is 0. The Morgan fingerprint density at radius 2 is 2.19 bits per heavy atom. The maximum atomic E-state index is 5.45. The van der Waals surface area contributed by atoms with Gasteiger partial charge in [0.25, 0.3) is 0 Å². The molecule has 0 saturated carbocycles. The summed E-state index contributed by atoms with van der Waals surface area (Å²) in [7, 11) is 0. The van der Waals surface area contributed by atoms with Crippen LogP contribution in [0.4, 0.5) is 5.82 Å². The molecule has 0 aliphatic rings. The fraction of sp³-hybridized carbons (Fsp3) is 0.300. The van der Waals surface area contributed by atoms with Gasteiger partial charge in [-0.15, -0.1) is 0 Å². The highest BCUT2D eigenvalue weighted by Crippen LogP contribution is 2.17. The predicted octanol–water partition coefficient (Wildman–Crippen LogP) is 1.46. The molecule has 2 N–H and O–H groups in total. The number of nitrogens with two attached hydrogens (primary N) is 1. The Bertz CT molecular complexity index is 450. The van der Waals surface area contributed by atoms with E-state index in [0.29, 0.717) is 17.4 Å². The zero-order valence-corrected chi connectivity index (χ0v) is 9.00. The standard InChI is InChI=1S/C10H13N5O/c1-2-3-15-7-8(4-14-15)16-10-6-12-9(11)5-13-10/h4-7H,2-3H2,1H3,(H2,11,12). The number of anilines is 1. The molecule has 0 bridgehead atoms. The first-order valence-corrected chi connectivity index (χ1v) is 5.05. The quantitative estimate of drug-likeness (QED) is 0.842. The van der Waals surface area contributed by atoms with Gasteiger partial charge in [0.05, 0.1) is 24.8 Å². The average molecular weight is 219 g/mol. The molecule has 6 heteroatoms. The van der Waals surface area contributed by atoms with E-state index in [1.807, 2.05) is 10.9 Å². The van der Waals surface area contributed by atoms with E-state index in [1.54, 1.807) is 6.20 Å². The maximum absolute atomic E-state index is 5.45. The second-order valence-electron chi connectivity index (χ2n) is 3.32. The second-order valence-corrected chi connectivity index (χ2v) is 3.32. The molecular weight excluding hydrogens is 206 g/mol. The largest absolute Gasteiger partial charge is 0.434 e. The van der Waals surface area contributed by atoms with Gasteiger partial charge in [0, 0.05) is 6.54 Å². The normalized spacial score (nSPS) is 10.3. The highest BCUT2D eigenvalue weighted by Gasteiger charge is 2.02. The molecule has 0 fully saturated rings. The molecule has 2 aromatic heterocycles. The molecule has 0 unspecified atom stereocenters. The van der Waals surface area contributed by atoms with Crippen LogP contribution in [0.2, 0.25) is 0 Å². The number of rotatable bonds is 4. The van der Waals surface area contributed by atoms with E-state index in [0.717, 1.165) is 13.0 Å². The van der Waals surface area contributed by atoms with E-state index in [-0.39, 0.29) is 0 Å². The maximum Gasteiger partial charge on any atom is 0.238 e. The lowest BCUT2D eigenvalue weighted by molar-refractivity contribution is 0.459. The summed E-state index contributed by atoms with van der Waals surface area (Å²) in [6.45, 7) is 2.96. The van der Waals surface area contributed by atoms with Crippen LogP contribution < -0.4 is 10.5 Å². The molecule has 2 rings (SSSR count). The Morgan fingerprint density at radius 1 is 1.31 bits per heavy atom. The molecule has 0 aliphatic heterocycles. The zero-order valence-electron chi connectivity index (χ0n) is 9.00. The van der Waals surface area contributed by atoms with Crippen molar-refractivity contribution in [3.05, 3.63) is 24.8 Å². The molecule has 16 heavy (non-hydrogen) atoms. The van der Waals surface area contributed by atoms with Gasteiger partial charge in [-0.2, -0.15) is 5.10 Å². The molecule has 0 saturated heterocycles. The van der Waals surface area contributed by atoms with Gasteiger partial charge in [-0.25, -0.2) is 9.97 Å². The lowest BCUT2D eigenvalue weighted by Crippen LogP contribution is -1.95. The van der Waals surface area contributed by atoms with E-state index in [9.17, 15) is 0 Å². The minimum absolute atomic E-state index is 0.369. The summed E-state index contributed by atoms with van der Waals surface area (Å²) in [5.41, 5.74) is 5.42. The van der Waals surface area contributed by atoms with Gasteiger partial charge in [-0.3, -0.25) is 4.68 Å². The van der Waals surface area contributed by atoms with Crippen LogP contribution in [0, 0.1) is 0 Å². The molecule has 2 aromatic rings. The van der Waals surface area contributed by atoms with Gasteiger partial charge in [-0.05, 0) is 6.42 Å². The van der Waals surface area contributed by atoms with Crippen LogP contribution in [0.15, 0.2) is 24.8 Å². The van der Waals surface area contributed by atoms with Crippen LogP contribution >= 0.6 is 0 Å². The van der Waals surface area contributed by atoms with Gasteiger partial charge in [0.2, 0.25) is 5.88 Å². The van der Waals surface area contributed by atoms with Crippen molar-refractivity contribution in [1.29, 1.82) is 0 Å². The molecule has 0 spiro atoms. The third kappa shape index (κ3) is 2.47. The van der Waals surface area contributed by atoms with Crippen molar-refractivity contribution in [2.75, 3.05) is 5.73 Å². The predicted molar refractivity (Wildman–Crippen MR) is 59.0 cm³/mol. The summed E-state index contributed by atoms with van der Waals surface area (Å²) in [6.07, 6.45) is 7.43. The Morgan fingerprint density at radius 3 is 2.88 bits per heavy atom. The van der Waals surface area contributed by atoms with Crippen LogP contribution in [0.5, 0.6) is 11.6 Å². The first kappa shape index (κ1) is 10.4. The molecule has 2 heterocycles. The summed E-state index contributed by atoms with van der Waals surface area (Å²) >= 11 is 0. The van der Waals surface area contributed by atoms with Crippen molar-refractivity contribution in [2.45, 2.75) is 19.9 Å². The fourth-order valence-electron chi connectivity index (χ4n) is 1.25. The van der Waals surface area contributed by atoms with Crippen LogP contribution in [0.3, 0.4) is 0 Å². The Hall–Kier alpha value is -2.11. The molecule has 0 aromatic carbocycles. The third-order valence-corrected chi connectivity index (χ3v) is 1.93. The van der Waals surface area contributed by atoms with Crippen molar-refractivity contribution in [2.24, 2.45) is 0 Å². The van der Waals surface area contributed by atoms with E-state index < -0.39 is 0 Å². The van der Waals surface area contributed by atoms with E-state index in [1.165, 1.54) is 12.4 Å². The summed E-state index contributed by atoms with van der Waals surface area (Å²) < 4.78 is 7.27. The molecule has 0 aliphatic carbocycles. The molecule has 0 atom stereocenters.